The maximum atomic E-state index is 11.4. The number of aromatic hydroxyl groups is 2. The van der Waals surface area contributed by atoms with Gasteiger partial charge in [0, 0.05) is 9.79 Å². The van der Waals surface area contributed by atoms with Crippen LogP contribution in [0.5, 0.6) is 11.5 Å². The molecule has 8 nitrogen and oxygen atoms in total. The average molecular weight is 378 g/mol. The predicted molar refractivity (Wildman–Crippen MR) is 80.0 cm³/mol. The van der Waals surface area contributed by atoms with Gasteiger partial charge in [-0.1, -0.05) is 23.9 Å². The fourth-order valence-corrected chi connectivity index (χ4v) is 4.92. The highest BCUT2D eigenvalue weighted by Crippen LogP contribution is 2.41. The molecule has 0 aliphatic heterocycles. The van der Waals surface area contributed by atoms with Gasteiger partial charge >= 0.3 is 0 Å². The summed E-state index contributed by atoms with van der Waals surface area (Å²) < 4.78 is 63.9. The van der Waals surface area contributed by atoms with E-state index in [0.29, 0.717) is 11.8 Å². The van der Waals surface area contributed by atoms with Crippen molar-refractivity contribution in [2.45, 2.75) is 19.6 Å². The lowest BCUT2D eigenvalue weighted by molar-refractivity contribution is 0.438. The first kappa shape index (κ1) is 17.6. The molecule has 124 valence electrons. The molecule has 2 rings (SSSR count). The van der Waals surface area contributed by atoms with Gasteiger partial charge in [0.15, 0.2) is 0 Å². The van der Waals surface area contributed by atoms with Crippen LogP contribution in [-0.4, -0.2) is 36.2 Å². The third-order valence-electron chi connectivity index (χ3n) is 2.65. The van der Waals surface area contributed by atoms with Gasteiger partial charge in [0.2, 0.25) is 0 Å². The van der Waals surface area contributed by atoms with Gasteiger partial charge < -0.3 is 10.2 Å². The second-order valence-electron chi connectivity index (χ2n) is 4.26. The summed E-state index contributed by atoms with van der Waals surface area (Å²) >= 11 is 0.525. The number of hydrogen-bond donors (Lipinski definition) is 4. The van der Waals surface area contributed by atoms with Crippen LogP contribution >= 0.6 is 11.8 Å². The van der Waals surface area contributed by atoms with Gasteiger partial charge in [-0.25, -0.2) is 0 Å². The second kappa shape index (κ2) is 6.02. The number of rotatable bonds is 4. The largest absolute Gasteiger partial charge is 0.506 e. The van der Waals surface area contributed by atoms with Crippen LogP contribution in [0.1, 0.15) is 0 Å². The zero-order chi connectivity index (χ0) is 17.4. The highest BCUT2D eigenvalue weighted by Gasteiger charge is 2.25. The summed E-state index contributed by atoms with van der Waals surface area (Å²) in [5.41, 5.74) is 0. The van der Waals surface area contributed by atoms with Gasteiger partial charge in [0.1, 0.15) is 21.3 Å². The summed E-state index contributed by atoms with van der Waals surface area (Å²) in [7, 11) is -9.58. The smallest absolute Gasteiger partial charge is 0.299 e. The van der Waals surface area contributed by atoms with Crippen LogP contribution in [0.25, 0.3) is 0 Å². The minimum absolute atomic E-state index is 0.192. The molecule has 0 atom stereocenters. The van der Waals surface area contributed by atoms with E-state index in [-0.39, 0.29) is 9.79 Å². The van der Waals surface area contributed by atoms with Crippen molar-refractivity contribution < 1.29 is 36.2 Å². The van der Waals surface area contributed by atoms with E-state index in [9.17, 15) is 36.2 Å². The Morgan fingerprint density at radius 1 is 0.696 bits per heavy atom. The van der Waals surface area contributed by atoms with Gasteiger partial charge in [-0.2, -0.15) is 16.8 Å². The Kier molecular flexibility index (Phi) is 4.59. The lowest BCUT2D eigenvalue weighted by Crippen LogP contribution is -2.03. The molecule has 11 heteroatoms. The van der Waals surface area contributed by atoms with Gasteiger partial charge in [-0.3, -0.25) is 9.11 Å². The molecule has 0 spiro atoms. The molecule has 0 saturated heterocycles. The van der Waals surface area contributed by atoms with E-state index in [1.54, 1.807) is 0 Å². The van der Waals surface area contributed by atoms with E-state index in [1.165, 1.54) is 24.3 Å². The molecule has 0 aliphatic rings. The predicted octanol–water partition coefficient (Wildman–Crippen LogP) is 1.74. The highest BCUT2D eigenvalue weighted by molar-refractivity contribution is 8.00. The van der Waals surface area contributed by atoms with Crippen LogP contribution in [0.3, 0.4) is 0 Å². The van der Waals surface area contributed by atoms with Gasteiger partial charge in [0.25, 0.3) is 20.2 Å². The fraction of sp³-hybridized carbons (Fsp3) is 0. The standard InChI is InChI=1S/C12H10O8S3/c13-7-3-1-5-9(11(7)22(15,16)17)21-10-6-2-4-8(14)12(10)23(18,19)20/h1-6,13-14H,(H,15,16,17)(H,18,19,20). The quantitative estimate of drug-likeness (QED) is 0.583. The van der Waals surface area contributed by atoms with Crippen molar-refractivity contribution in [1.29, 1.82) is 0 Å². The molecule has 0 radical (unpaired) electrons. The van der Waals surface area contributed by atoms with Crippen LogP contribution in [0.15, 0.2) is 56.0 Å². The molecule has 0 saturated carbocycles. The topological polar surface area (TPSA) is 149 Å². The molecule has 0 aliphatic carbocycles. The molecule has 2 aromatic carbocycles. The molecule has 23 heavy (non-hydrogen) atoms. The summed E-state index contributed by atoms with van der Waals surface area (Å²) in [6.07, 6.45) is 0. The normalized spacial score (nSPS) is 12.3. The van der Waals surface area contributed by atoms with E-state index >= 15 is 0 Å². The molecule has 0 bridgehead atoms. The Bertz CT molecular complexity index is 884. The van der Waals surface area contributed by atoms with E-state index in [1.807, 2.05) is 0 Å². The lowest BCUT2D eigenvalue weighted by atomic mass is 10.3. The van der Waals surface area contributed by atoms with Crippen LogP contribution in [0.4, 0.5) is 0 Å². The van der Waals surface area contributed by atoms with E-state index < -0.39 is 41.5 Å². The monoisotopic (exact) mass is 378 g/mol. The van der Waals surface area contributed by atoms with E-state index in [0.717, 1.165) is 12.1 Å². The SMILES string of the molecule is O=S(=O)(O)c1c(O)cccc1Sc1cccc(O)c1S(=O)(=O)O. The third-order valence-corrected chi connectivity index (χ3v) is 5.92. The van der Waals surface area contributed by atoms with Gasteiger partial charge in [0.05, 0.1) is 0 Å². The number of hydrogen-bond acceptors (Lipinski definition) is 7. The van der Waals surface area contributed by atoms with Crippen molar-refractivity contribution in [1.82, 2.24) is 0 Å². The maximum Gasteiger partial charge on any atom is 0.299 e. The van der Waals surface area contributed by atoms with E-state index in [4.69, 9.17) is 0 Å². The highest BCUT2D eigenvalue weighted by atomic mass is 32.2. The van der Waals surface area contributed by atoms with Crippen molar-refractivity contribution in [2.24, 2.45) is 0 Å². The Labute approximate surface area is 135 Å². The zero-order valence-corrected chi connectivity index (χ0v) is 13.6. The molecule has 0 fully saturated rings. The summed E-state index contributed by atoms with van der Waals surface area (Å²) in [6.45, 7) is 0. The van der Waals surface area contributed by atoms with Gasteiger partial charge in [-0.15, -0.1) is 0 Å². The minimum Gasteiger partial charge on any atom is -0.506 e. The summed E-state index contributed by atoms with van der Waals surface area (Å²) in [5, 5.41) is 19.2. The van der Waals surface area contributed by atoms with Crippen molar-refractivity contribution >= 4 is 32.0 Å². The lowest BCUT2D eigenvalue weighted by Gasteiger charge is -2.11. The fourth-order valence-electron chi connectivity index (χ4n) is 1.81. The molecule has 0 unspecified atom stereocenters. The Balaban J connectivity index is 2.68. The molecule has 0 heterocycles. The maximum absolute atomic E-state index is 11.4. The van der Waals surface area contributed by atoms with Gasteiger partial charge in [-0.05, 0) is 24.3 Å². The number of phenols is 2. The Morgan fingerprint density at radius 2 is 1.04 bits per heavy atom. The molecule has 0 amide bonds. The number of phenolic OH excluding ortho intramolecular Hbond substituents is 2. The third kappa shape index (κ3) is 3.76. The van der Waals surface area contributed by atoms with Crippen molar-refractivity contribution in [3.05, 3.63) is 36.4 Å². The summed E-state index contributed by atoms with van der Waals surface area (Å²) in [5.74, 6) is -1.46. The molecule has 0 aromatic heterocycles. The van der Waals surface area contributed by atoms with E-state index in [2.05, 4.69) is 0 Å². The van der Waals surface area contributed by atoms with Crippen LogP contribution in [0, 0.1) is 0 Å². The zero-order valence-electron chi connectivity index (χ0n) is 11.1. The van der Waals surface area contributed by atoms with Crippen LogP contribution in [-0.2, 0) is 20.2 Å². The minimum atomic E-state index is -4.79. The molecule has 2 aromatic rings. The van der Waals surface area contributed by atoms with Crippen LogP contribution in [0.2, 0.25) is 0 Å². The summed E-state index contributed by atoms with van der Waals surface area (Å²) in [4.78, 5) is -2.00. The van der Waals surface area contributed by atoms with Crippen molar-refractivity contribution in [3.63, 3.8) is 0 Å². The Morgan fingerprint density at radius 3 is 1.35 bits per heavy atom. The summed E-state index contributed by atoms with van der Waals surface area (Å²) in [6, 6.07) is 7.04. The Hall–Kier alpha value is -1.79. The number of benzene rings is 2. The first-order valence-corrected chi connectivity index (χ1v) is 9.48. The average Bonchev–Trinajstić information content (AvgIpc) is 2.35. The second-order valence-corrected chi connectivity index (χ2v) is 8.06. The first-order chi connectivity index (χ1) is 10.5. The molecular weight excluding hydrogens is 368 g/mol. The molecule has 4 N–H and O–H groups in total. The van der Waals surface area contributed by atoms with Crippen molar-refractivity contribution in [2.75, 3.05) is 0 Å². The van der Waals surface area contributed by atoms with Crippen molar-refractivity contribution in [3.8, 4) is 11.5 Å². The molecular formula is C12H10O8S3. The van der Waals surface area contributed by atoms with Crippen LogP contribution < -0.4 is 0 Å². The first-order valence-electron chi connectivity index (χ1n) is 5.78.